The number of carbonyl (C=O) groups is 1. The lowest BCUT2D eigenvalue weighted by Gasteiger charge is -2.36. The van der Waals surface area contributed by atoms with Crippen molar-refractivity contribution < 1.29 is 9.90 Å². The van der Waals surface area contributed by atoms with Gasteiger partial charge in [0, 0.05) is 25.2 Å². The fourth-order valence-corrected chi connectivity index (χ4v) is 2.65. The second kappa shape index (κ2) is 3.82. The smallest absolute Gasteiger partial charge is 0.354 e. The van der Waals surface area contributed by atoms with Crippen LogP contribution >= 0.6 is 0 Å². The van der Waals surface area contributed by atoms with Crippen molar-refractivity contribution in [3.05, 3.63) is 17.0 Å². The number of fused-ring (bicyclic) bond motifs is 1. The molecule has 1 aromatic rings. The van der Waals surface area contributed by atoms with E-state index in [4.69, 9.17) is 0 Å². The van der Waals surface area contributed by atoms with E-state index >= 15 is 0 Å². The summed E-state index contributed by atoms with van der Waals surface area (Å²) < 4.78 is 1.72. The van der Waals surface area contributed by atoms with E-state index in [0.29, 0.717) is 12.2 Å². The number of carboxylic acids is 1. The number of rotatable bonds is 2. The lowest BCUT2D eigenvalue weighted by atomic mass is 10.0. The number of aromatic nitrogens is 2. The molecule has 0 saturated carbocycles. The number of hydrogen-bond acceptors (Lipinski definition) is 4. The maximum atomic E-state index is 11.4. The van der Waals surface area contributed by atoms with E-state index in [1.165, 1.54) is 0 Å². The van der Waals surface area contributed by atoms with Gasteiger partial charge in [0.25, 0.3) is 0 Å². The third-order valence-corrected chi connectivity index (χ3v) is 3.53. The lowest BCUT2D eigenvalue weighted by molar-refractivity contribution is 0.0656. The zero-order valence-electron chi connectivity index (χ0n) is 9.81. The summed E-state index contributed by atoms with van der Waals surface area (Å²) in [7, 11) is 2.03. The number of nitrogens with one attached hydrogen (secondary N) is 1. The second-order valence-corrected chi connectivity index (χ2v) is 4.83. The Morgan fingerprint density at radius 3 is 2.94 bits per heavy atom. The predicted octanol–water partition coefficient (Wildman–Crippen LogP) is -0.286. The third-order valence-electron chi connectivity index (χ3n) is 3.53. The first kappa shape index (κ1) is 10.7. The number of likely N-dealkylation sites (N-methyl/N-ethyl adjacent to an activating group) is 1. The number of nitrogens with zero attached hydrogens (tertiary/aromatic N) is 3. The molecule has 2 aliphatic rings. The maximum absolute atomic E-state index is 11.4. The molecule has 0 radical (unpaired) electrons. The van der Waals surface area contributed by atoms with Crippen LogP contribution in [0.2, 0.25) is 0 Å². The molecule has 3 heterocycles. The predicted molar refractivity (Wildman–Crippen MR) is 61.1 cm³/mol. The molecule has 17 heavy (non-hydrogen) atoms. The molecule has 6 nitrogen and oxygen atoms in total. The summed E-state index contributed by atoms with van der Waals surface area (Å²) in [5.41, 5.74) is 2.23. The van der Waals surface area contributed by atoms with Gasteiger partial charge in [-0.3, -0.25) is 4.68 Å². The normalized spacial score (nSPS) is 21.0. The summed E-state index contributed by atoms with van der Waals surface area (Å²) in [6.45, 7) is 3.29. The minimum atomic E-state index is -0.852. The first-order valence-corrected chi connectivity index (χ1v) is 5.89. The van der Waals surface area contributed by atoms with E-state index in [9.17, 15) is 9.90 Å². The van der Waals surface area contributed by atoms with Crippen LogP contribution in [0.5, 0.6) is 0 Å². The molecule has 0 atom stereocenters. The Bertz CT molecular complexity index is 462. The molecule has 1 aromatic heterocycles. The summed E-state index contributed by atoms with van der Waals surface area (Å²) in [6, 6.07) is 0.219. The molecule has 2 N–H and O–H groups in total. The van der Waals surface area contributed by atoms with Gasteiger partial charge in [0.1, 0.15) is 5.69 Å². The van der Waals surface area contributed by atoms with Gasteiger partial charge in [0.2, 0.25) is 0 Å². The summed E-state index contributed by atoms with van der Waals surface area (Å²) in [4.78, 5) is 13.5. The Balaban J connectivity index is 2.02. The second-order valence-electron chi connectivity index (χ2n) is 4.83. The lowest BCUT2D eigenvalue weighted by Crippen LogP contribution is -2.46. The number of likely N-dealkylation sites (tertiary alicyclic amines) is 1. The van der Waals surface area contributed by atoms with Gasteiger partial charge in [-0.25, -0.2) is 4.79 Å². The topological polar surface area (TPSA) is 70.4 Å². The van der Waals surface area contributed by atoms with Crippen LogP contribution in [-0.4, -0.2) is 52.4 Å². The van der Waals surface area contributed by atoms with Crippen molar-refractivity contribution in [2.24, 2.45) is 0 Å². The van der Waals surface area contributed by atoms with Gasteiger partial charge in [-0.15, -0.1) is 0 Å². The van der Waals surface area contributed by atoms with Gasteiger partial charge in [0.05, 0.1) is 11.7 Å². The van der Waals surface area contributed by atoms with Crippen LogP contribution in [0.1, 0.15) is 27.8 Å². The fourth-order valence-electron chi connectivity index (χ4n) is 2.65. The van der Waals surface area contributed by atoms with Crippen LogP contribution in [0.3, 0.4) is 0 Å². The monoisotopic (exact) mass is 236 g/mol. The minimum Gasteiger partial charge on any atom is -0.477 e. The minimum absolute atomic E-state index is 0.219. The molecule has 0 aliphatic carbocycles. The molecule has 1 saturated heterocycles. The van der Waals surface area contributed by atoms with E-state index in [0.717, 1.165) is 37.3 Å². The molecule has 0 spiro atoms. The summed E-state index contributed by atoms with van der Waals surface area (Å²) >= 11 is 0. The highest BCUT2D eigenvalue weighted by molar-refractivity contribution is 5.88. The van der Waals surface area contributed by atoms with Gasteiger partial charge in [-0.1, -0.05) is 0 Å². The first-order chi connectivity index (χ1) is 8.16. The fraction of sp³-hybridized carbons (Fsp3) is 0.636. The van der Waals surface area contributed by atoms with E-state index in [-0.39, 0.29) is 6.04 Å². The molecular weight excluding hydrogens is 220 g/mol. The van der Waals surface area contributed by atoms with Crippen LogP contribution in [0.4, 0.5) is 0 Å². The molecule has 92 valence electrons. The summed E-state index contributed by atoms with van der Waals surface area (Å²) in [5, 5.41) is 17.1. The van der Waals surface area contributed by atoms with Crippen LogP contribution in [-0.2, 0) is 13.0 Å². The van der Waals surface area contributed by atoms with Crippen molar-refractivity contribution in [2.45, 2.75) is 19.0 Å². The van der Waals surface area contributed by atoms with E-state index in [1.54, 1.807) is 4.68 Å². The molecule has 0 amide bonds. The maximum Gasteiger partial charge on any atom is 0.354 e. The van der Waals surface area contributed by atoms with Gasteiger partial charge >= 0.3 is 5.97 Å². The van der Waals surface area contributed by atoms with E-state index < -0.39 is 5.97 Å². The Kier molecular flexibility index (Phi) is 2.41. The molecule has 0 aromatic carbocycles. The third kappa shape index (κ3) is 1.64. The van der Waals surface area contributed by atoms with Crippen molar-refractivity contribution in [3.8, 4) is 0 Å². The first-order valence-electron chi connectivity index (χ1n) is 5.89. The quantitative estimate of drug-likeness (QED) is 0.738. The molecule has 2 aliphatic heterocycles. The van der Waals surface area contributed by atoms with Crippen LogP contribution in [0.15, 0.2) is 0 Å². The highest BCUT2D eigenvalue weighted by Crippen LogP contribution is 2.26. The van der Waals surface area contributed by atoms with Crippen molar-refractivity contribution in [2.75, 3.05) is 26.7 Å². The Morgan fingerprint density at radius 1 is 1.53 bits per heavy atom. The Labute approximate surface area is 99.2 Å². The number of aromatic carboxylic acids is 1. The molecule has 3 rings (SSSR count). The highest BCUT2D eigenvalue weighted by atomic mass is 16.4. The zero-order valence-corrected chi connectivity index (χ0v) is 9.81. The van der Waals surface area contributed by atoms with E-state index in [2.05, 4.69) is 15.3 Å². The van der Waals surface area contributed by atoms with Crippen LogP contribution in [0.25, 0.3) is 0 Å². The van der Waals surface area contributed by atoms with Crippen molar-refractivity contribution in [3.63, 3.8) is 0 Å². The Morgan fingerprint density at radius 2 is 2.29 bits per heavy atom. The Hall–Kier alpha value is -1.40. The van der Waals surface area contributed by atoms with Crippen molar-refractivity contribution >= 4 is 5.97 Å². The van der Waals surface area contributed by atoms with Gasteiger partial charge < -0.3 is 15.3 Å². The average molecular weight is 236 g/mol. The van der Waals surface area contributed by atoms with Gasteiger partial charge in [0.15, 0.2) is 0 Å². The largest absolute Gasteiger partial charge is 0.477 e. The molecular formula is C11H16N4O2. The van der Waals surface area contributed by atoms with E-state index in [1.807, 2.05) is 7.05 Å². The SMILES string of the molecule is CN1CC(n2nc3c(c2C(=O)O)CCNC3)C1. The standard InChI is InChI=1S/C11H16N4O2/c1-14-5-7(6-14)15-10(11(16)17)8-2-3-12-4-9(8)13-15/h7,12H,2-6H2,1H3,(H,16,17). The number of carboxylic acid groups (broad SMARTS) is 1. The summed E-state index contributed by atoms with van der Waals surface area (Å²) in [6.07, 6.45) is 0.763. The molecule has 1 fully saturated rings. The van der Waals surface area contributed by atoms with Crippen LogP contribution < -0.4 is 5.32 Å². The number of hydrogen-bond donors (Lipinski definition) is 2. The van der Waals surface area contributed by atoms with Gasteiger partial charge in [-0.05, 0) is 20.0 Å². The highest BCUT2D eigenvalue weighted by Gasteiger charge is 2.33. The zero-order chi connectivity index (χ0) is 12.0. The average Bonchev–Trinajstić information content (AvgIpc) is 2.63. The van der Waals surface area contributed by atoms with Gasteiger partial charge in [-0.2, -0.15) is 5.10 Å². The van der Waals surface area contributed by atoms with Crippen molar-refractivity contribution in [1.82, 2.24) is 20.0 Å². The summed E-state index contributed by atoms with van der Waals surface area (Å²) in [5.74, 6) is -0.852. The molecule has 0 unspecified atom stereocenters. The van der Waals surface area contributed by atoms with Crippen LogP contribution in [0, 0.1) is 0 Å². The van der Waals surface area contributed by atoms with Crippen molar-refractivity contribution in [1.29, 1.82) is 0 Å². The molecule has 0 bridgehead atoms. The molecule has 6 heteroatoms.